The second-order valence-corrected chi connectivity index (χ2v) is 7.28. The highest BCUT2D eigenvalue weighted by atomic mass is 32.1. The van der Waals surface area contributed by atoms with E-state index in [1.165, 1.54) is 16.9 Å². The van der Waals surface area contributed by atoms with Gasteiger partial charge in [-0.1, -0.05) is 31.3 Å². The van der Waals surface area contributed by atoms with Crippen LogP contribution in [-0.4, -0.2) is 30.0 Å². The van der Waals surface area contributed by atoms with Crippen molar-refractivity contribution in [1.82, 2.24) is 10.3 Å². The maximum Gasteiger partial charge on any atom is 0.226 e. The number of anilines is 1. The summed E-state index contributed by atoms with van der Waals surface area (Å²) in [7, 11) is 0. The summed E-state index contributed by atoms with van der Waals surface area (Å²) >= 11 is 1.52. The molecule has 6 heteroatoms. The Morgan fingerprint density at radius 3 is 2.91 bits per heavy atom. The number of nitrogens with zero attached hydrogens (tertiary/aromatic N) is 1. The van der Waals surface area contributed by atoms with E-state index in [4.69, 9.17) is 5.73 Å². The molecule has 0 aliphatic rings. The number of amides is 1. The molecule has 2 rings (SSSR count). The van der Waals surface area contributed by atoms with Crippen molar-refractivity contribution in [2.24, 2.45) is 11.7 Å². The van der Waals surface area contributed by atoms with Crippen molar-refractivity contribution in [2.75, 3.05) is 18.4 Å². The van der Waals surface area contributed by atoms with E-state index in [0.29, 0.717) is 17.5 Å². The molecule has 5 nitrogen and oxygen atoms in total. The molecular formula is C17H26N4OS. The van der Waals surface area contributed by atoms with E-state index in [0.717, 1.165) is 29.7 Å². The molecular weight excluding hydrogens is 308 g/mol. The lowest BCUT2D eigenvalue weighted by molar-refractivity contribution is -0.116. The van der Waals surface area contributed by atoms with Gasteiger partial charge in [-0.2, -0.15) is 0 Å². The maximum atomic E-state index is 12.0. The first-order chi connectivity index (χ1) is 11.0. The van der Waals surface area contributed by atoms with Crippen LogP contribution in [0.5, 0.6) is 0 Å². The summed E-state index contributed by atoms with van der Waals surface area (Å²) in [5.41, 5.74) is 8.09. The fourth-order valence-corrected chi connectivity index (χ4v) is 3.13. The molecule has 126 valence electrons. The molecule has 2 aromatic rings. The van der Waals surface area contributed by atoms with E-state index in [1.54, 1.807) is 0 Å². The highest BCUT2D eigenvalue weighted by Crippen LogP contribution is 2.26. The number of rotatable bonds is 8. The number of hydrogen-bond donors (Lipinski definition) is 3. The average molecular weight is 334 g/mol. The topological polar surface area (TPSA) is 80.0 Å². The van der Waals surface area contributed by atoms with Crippen LogP contribution in [0.4, 0.5) is 5.13 Å². The van der Waals surface area contributed by atoms with Crippen LogP contribution in [0.1, 0.15) is 32.3 Å². The molecule has 23 heavy (non-hydrogen) atoms. The standard InChI is InChI=1S/C17H26N4OS/c1-11(2)13(18)10-19-8-4-5-16(22)21-17-20-14-7-6-12(3)9-15(14)23-17/h6-7,9,11,13,19H,4-5,8,10,18H2,1-3H3,(H,20,21,22)/t13-/m0/s1. The number of carbonyl (C=O) groups is 1. The Balaban J connectivity index is 1.72. The largest absolute Gasteiger partial charge is 0.326 e. The molecule has 1 atom stereocenters. The second kappa shape index (κ2) is 8.38. The Morgan fingerprint density at radius 1 is 1.39 bits per heavy atom. The summed E-state index contributed by atoms with van der Waals surface area (Å²) in [5.74, 6) is 0.476. The van der Waals surface area contributed by atoms with E-state index < -0.39 is 0 Å². The summed E-state index contributed by atoms with van der Waals surface area (Å²) in [6.07, 6.45) is 1.28. The normalized spacial score (nSPS) is 12.7. The van der Waals surface area contributed by atoms with Crippen molar-refractivity contribution in [3.8, 4) is 0 Å². The van der Waals surface area contributed by atoms with Crippen LogP contribution in [0.2, 0.25) is 0 Å². The molecule has 0 fully saturated rings. The first-order valence-corrected chi connectivity index (χ1v) is 8.90. The summed E-state index contributed by atoms with van der Waals surface area (Å²) in [6, 6.07) is 6.26. The third-order valence-corrected chi connectivity index (χ3v) is 4.72. The average Bonchev–Trinajstić information content (AvgIpc) is 2.87. The number of hydrogen-bond acceptors (Lipinski definition) is 5. The van der Waals surface area contributed by atoms with Crippen molar-refractivity contribution < 1.29 is 4.79 Å². The van der Waals surface area contributed by atoms with Crippen LogP contribution < -0.4 is 16.4 Å². The zero-order chi connectivity index (χ0) is 16.8. The highest BCUT2D eigenvalue weighted by molar-refractivity contribution is 7.22. The number of nitrogens with one attached hydrogen (secondary N) is 2. The molecule has 1 amide bonds. The molecule has 0 aliphatic heterocycles. The van der Waals surface area contributed by atoms with E-state index in [1.807, 2.05) is 12.1 Å². The van der Waals surface area contributed by atoms with Crippen LogP contribution >= 0.6 is 11.3 Å². The molecule has 0 saturated carbocycles. The van der Waals surface area contributed by atoms with Gasteiger partial charge in [0.15, 0.2) is 5.13 Å². The number of thiazole rings is 1. The summed E-state index contributed by atoms with van der Waals surface area (Å²) < 4.78 is 1.10. The van der Waals surface area contributed by atoms with E-state index in [2.05, 4.69) is 42.5 Å². The number of fused-ring (bicyclic) bond motifs is 1. The van der Waals surface area contributed by atoms with Crippen molar-refractivity contribution in [3.05, 3.63) is 23.8 Å². The van der Waals surface area contributed by atoms with Gasteiger partial charge < -0.3 is 16.4 Å². The minimum atomic E-state index is 0.00994. The lowest BCUT2D eigenvalue weighted by atomic mass is 10.1. The van der Waals surface area contributed by atoms with Crippen molar-refractivity contribution in [2.45, 2.75) is 39.7 Å². The van der Waals surface area contributed by atoms with Gasteiger partial charge in [0.05, 0.1) is 10.2 Å². The third kappa shape index (κ3) is 5.57. The lowest BCUT2D eigenvalue weighted by Crippen LogP contribution is -2.38. The minimum absolute atomic E-state index is 0.00994. The van der Waals surface area contributed by atoms with Gasteiger partial charge in [0, 0.05) is 19.0 Å². The van der Waals surface area contributed by atoms with Crippen LogP contribution in [0.15, 0.2) is 18.2 Å². The van der Waals surface area contributed by atoms with Gasteiger partial charge in [0.2, 0.25) is 5.91 Å². The SMILES string of the molecule is Cc1ccc2nc(NC(=O)CCCNC[C@H](N)C(C)C)sc2c1. The van der Waals surface area contributed by atoms with Crippen LogP contribution in [0.25, 0.3) is 10.2 Å². The quantitative estimate of drug-likeness (QED) is 0.649. The lowest BCUT2D eigenvalue weighted by Gasteiger charge is -2.15. The molecule has 0 saturated heterocycles. The number of nitrogens with two attached hydrogens (primary N) is 1. The molecule has 0 spiro atoms. The maximum absolute atomic E-state index is 12.0. The molecule has 1 heterocycles. The summed E-state index contributed by atoms with van der Waals surface area (Å²) in [5, 5.41) is 6.85. The van der Waals surface area contributed by atoms with E-state index in [-0.39, 0.29) is 11.9 Å². The summed E-state index contributed by atoms with van der Waals surface area (Å²) in [4.78, 5) is 16.4. The molecule has 1 aromatic carbocycles. The van der Waals surface area contributed by atoms with Gasteiger partial charge in [-0.3, -0.25) is 4.79 Å². The molecule has 0 radical (unpaired) electrons. The highest BCUT2D eigenvalue weighted by Gasteiger charge is 2.09. The van der Waals surface area contributed by atoms with Gasteiger partial charge >= 0.3 is 0 Å². The Hall–Kier alpha value is -1.50. The molecule has 0 aliphatic carbocycles. The van der Waals surface area contributed by atoms with Crippen molar-refractivity contribution in [1.29, 1.82) is 0 Å². The summed E-state index contributed by atoms with van der Waals surface area (Å²) in [6.45, 7) is 7.86. The number of aryl methyl sites for hydroxylation is 1. The van der Waals surface area contributed by atoms with Crippen LogP contribution in [0, 0.1) is 12.8 Å². The minimum Gasteiger partial charge on any atom is -0.326 e. The Bertz CT molecular complexity index is 653. The number of aromatic nitrogens is 1. The smallest absolute Gasteiger partial charge is 0.226 e. The van der Waals surface area contributed by atoms with Crippen molar-refractivity contribution >= 4 is 32.6 Å². The Labute approximate surface area is 141 Å². The van der Waals surface area contributed by atoms with Gasteiger partial charge in [0.1, 0.15) is 0 Å². The number of benzene rings is 1. The zero-order valence-electron chi connectivity index (χ0n) is 14.1. The van der Waals surface area contributed by atoms with E-state index in [9.17, 15) is 4.79 Å². The fourth-order valence-electron chi connectivity index (χ4n) is 2.15. The van der Waals surface area contributed by atoms with Crippen molar-refractivity contribution in [3.63, 3.8) is 0 Å². The second-order valence-electron chi connectivity index (χ2n) is 6.25. The predicted molar refractivity (Wildman–Crippen MR) is 97.9 cm³/mol. The Morgan fingerprint density at radius 2 is 2.17 bits per heavy atom. The fraction of sp³-hybridized carbons (Fsp3) is 0.529. The van der Waals surface area contributed by atoms with Gasteiger partial charge in [-0.25, -0.2) is 4.98 Å². The van der Waals surface area contributed by atoms with Gasteiger partial charge in [-0.05, 0) is 43.5 Å². The van der Waals surface area contributed by atoms with Gasteiger partial charge in [0.25, 0.3) is 0 Å². The molecule has 1 aromatic heterocycles. The van der Waals surface area contributed by atoms with Gasteiger partial charge in [-0.15, -0.1) is 0 Å². The first-order valence-electron chi connectivity index (χ1n) is 8.09. The molecule has 0 unspecified atom stereocenters. The van der Waals surface area contributed by atoms with Crippen LogP contribution in [0.3, 0.4) is 0 Å². The zero-order valence-corrected chi connectivity index (χ0v) is 14.9. The third-order valence-electron chi connectivity index (χ3n) is 3.78. The first kappa shape index (κ1) is 17.8. The Kier molecular flexibility index (Phi) is 6.50. The molecule has 0 bridgehead atoms. The van der Waals surface area contributed by atoms with Crippen LogP contribution in [-0.2, 0) is 4.79 Å². The predicted octanol–water partition coefficient (Wildman–Crippen LogP) is 2.90. The van der Waals surface area contributed by atoms with E-state index >= 15 is 0 Å². The molecule has 4 N–H and O–H groups in total. The number of carbonyl (C=O) groups excluding carboxylic acids is 1. The monoisotopic (exact) mass is 334 g/mol.